The molecule has 31 heavy (non-hydrogen) atoms. The highest BCUT2D eigenvalue weighted by molar-refractivity contribution is 6.02. The zero-order valence-corrected chi connectivity index (χ0v) is 18.8. The maximum absolute atomic E-state index is 13.4. The van der Waals surface area contributed by atoms with Crippen LogP contribution < -0.4 is 5.32 Å². The summed E-state index contributed by atoms with van der Waals surface area (Å²) in [4.78, 5) is 32.7. The van der Waals surface area contributed by atoms with E-state index in [2.05, 4.69) is 43.2 Å². The lowest BCUT2D eigenvalue weighted by molar-refractivity contribution is -0.118. The molecule has 5 heteroatoms. The van der Waals surface area contributed by atoms with Gasteiger partial charge in [0.05, 0.1) is 0 Å². The standard InChI is InChI=1S/C26H29N3O2/c1-16-10-11-27-23(12-16)28-25(31)29-18(3)13-20(19-9-7-6-8-17(19)2)24-21(29)14-26(4,5)15-22(24)30/h6-13,20H,14-15H2,1-5H3,(H,27,28,31). The number of nitrogens with one attached hydrogen (secondary N) is 1. The molecule has 1 aromatic heterocycles. The summed E-state index contributed by atoms with van der Waals surface area (Å²) in [6, 6.07) is 11.6. The average molecular weight is 416 g/mol. The summed E-state index contributed by atoms with van der Waals surface area (Å²) in [5.41, 5.74) is 5.44. The van der Waals surface area contributed by atoms with Crippen molar-refractivity contribution in [3.8, 4) is 0 Å². The SMILES string of the molecule is CC1=CC(c2ccccc2C)C2=C(CC(C)(C)CC2=O)N1C(=O)Nc1cc(C)ccn1. The van der Waals surface area contributed by atoms with E-state index in [9.17, 15) is 9.59 Å². The van der Waals surface area contributed by atoms with Crippen molar-refractivity contribution < 1.29 is 9.59 Å². The van der Waals surface area contributed by atoms with Crippen LogP contribution in [0.4, 0.5) is 10.6 Å². The zero-order valence-electron chi connectivity index (χ0n) is 18.8. The Labute approximate surface area is 183 Å². The quantitative estimate of drug-likeness (QED) is 0.666. The predicted molar refractivity (Wildman–Crippen MR) is 123 cm³/mol. The number of hydrogen-bond donors (Lipinski definition) is 1. The van der Waals surface area contributed by atoms with E-state index in [1.807, 2.05) is 44.2 Å². The molecule has 160 valence electrons. The van der Waals surface area contributed by atoms with Gasteiger partial charge in [0.15, 0.2) is 5.78 Å². The first-order chi connectivity index (χ1) is 14.7. The van der Waals surface area contributed by atoms with Crippen LogP contribution in [-0.2, 0) is 4.79 Å². The van der Waals surface area contributed by atoms with Gasteiger partial charge >= 0.3 is 6.03 Å². The number of nitrogens with zero attached hydrogens (tertiary/aromatic N) is 2. The number of hydrogen-bond acceptors (Lipinski definition) is 3. The molecule has 2 aliphatic rings. The third kappa shape index (κ3) is 4.05. The zero-order chi connectivity index (χ0) is 22.3. The highest BCUT2D eigenvalue weighted by Gasteiger charge is 2.42. The Bertz CT molecular complexity index is 1130. The minimum absolute atomic E-state index is 0.120. The number of aromatic nitrogens is 1. The van der Waals surface area contributed by atoms with Crippen molar-refractivity contribution >= 4 is 17.6 Å². The van der Waals surface area contributed by atoms with E-state index in [4.69, 9.17) is 0 Å². The second-order valence-electron chi connectivity index (χ2n) is 9.43. The maximum atomic E-state index is 13.4. The van der Waals surface area contributed by atoms with Gasteiger partial charge in [0.2, 0.25) is 0 Å². The van der Waals surface area contributed by atoms with Crippen molar-refractivity contribution in [2.45, 2.75) is 53.4 Å². The lowest BCUT2D eigenvalue weighted by Crippen LogP contribution is -2.42. The number of pyridine rings is 1. The molecule has 1 atom stereocenters. The molecule has 1 aromatic carbocycles. The van der Waals surface area contributed by atoms with E-state index in [1.54, 1.807) is 11.1 Å². The van der Waals surface area contributed by atoms with Crippen LogP contribution in [0.1, 0.15) is 56.2 Å². The van der Waals surface area contributed by atoms with Crippen LogP contribution in [0.3, 0.4) is 0 Å². The van der Waals surface area contributed by atoms with Crippen molar-refractivity contribution in [1.29, 1.82) is 0 Å². The summed E-state index contributed by atoms with van der Waals surface area (Å²) in [6.07, 6.45) is 4.86. The summed E-state index contributed by atoms with van der Waals surface area (Å²) in [6.45, 7) is 10.1. The van der Waals surface area contributed by atoms with E-state index in [0.29, 0.717) is 18.7 Å². The van der Waals surface area contributed by atoms with Gasteiger partial charge in [0.25, 0.3) is 0 Å². The number of urea groups is 1. The van der Waals surface area contributed by atoms with Gasteiger partial charge in [-0.3, -0.25) is 15.0 Å². The number of anilines is 1. The number of carbonyl (C=O) groups is 2. The van der Waals surface area contributed by atoms with Gasteiger partial charge in [0.1, 0.15) is 5.82 Å². The molecular formula is C26H29N3O2. The lowest BCUT2D eigenvalue weighted by Gasteiger charge is -2.42. The number of aryl methyl sites for hydroxylation is 2. The first kappa shape index (κ1) is 21.0. The minimum Gasteiger partial charge on any atom is -0.294 e. The number of amides is 2. The Balaban J connectivity index is 1.80. The third-order valence-corrected chi connectivity index (χ3v) is 6.11. The monoisotopic (exact) mass is 415 g/mol. The van der Waals surface area contributed by atoms with E-state index in [0.717, 1.165) is 33.7 Å². The molecule has 2 heterocycles. The van der Waals surface area contributed by atoms with Crippen LogP contribution >= 0.6 is 0 Å². The Kier molecular flexibility index (Phi) is 5.29. The van der Waals surface area contributed by atoms with Crippen LogP contribution in [0.25, 0.3) is 0 Å². The van der Waals surface area contributed by atoms with Gasteiger partial charge in [-0.15, -0.1) is 0 Å². The normalized spacial score (nSPS) is 20.3. The first-order valence-electron chi connectivity index (χ1n) is 10.7. The molecule has 0 saturated carbocycles. The van der Waals surface area contributed by atoms with E-state index >= 15 is 0 Å². The third-order valence-electron chi connectivity index (χ3n) is 6.11. The Morgan fingerprint density at radius 1 is 1.13 bits per heavy atom. The molecule has 0 bridgehead atoms. The maximum Gasteiger partial charge on any atom is 0.331 e. The van der Waals surface area contributed by atoms with Crippen LogP contribution in [0.5, 0.6) is 0 Å². The summed E-state index contributed by atoms with van der Waals surface area (Å²) in [5, 5.41) is 2.91. The van der Waals surface area contributed by atoms with E-state index in [1.165, 1.54) is 0 Å². The van der Waals surface area contributed by atoms with Crippen LogP contribution in [0, 0.1) is 19.3 Å². The first-order valence-corrected chi connectivity index (χ1v) is 10.7. The van der Waals surface area contributed by atoms with Gasteiger partial charge in [0, 0.05) is 35.5 Å². The number of allylic oxidation sites excluding steroid dienone is 4. The molecule has 5 nitrogen and oxygen atoms in total. The topological polar surface area (TPSA) is 62.3 Å². The summed E-state index contributed by atoms with van der Waals surface area (Å²) < 4.78 is 0. The molecule has 1 N–H and O–H groups in total. The molecule has 2 aromatic rings. The molecule has 0 spiro atoms. The lowest BCUT2D eigenvalue weighted by atomic mass is 9.70. The summed E-state index contributed by atoms with van der Waals surface area (Å²) in [5.74, 6) is 0.484. The van der Waals surface area contributed by atoms with Crippen molar-refractivity contribution in [2.24, 2.45) is 5.41 Å². The van der Waals surface area contributed by atoms with Crippen LogP contribution in [0.15, 0.2) is 65.6 Å². The van der Waals surface area contributed by atoms with Crippen molar-refractivity contribution in [3.05, 3.63) is 82.3 Å². The largest absolute Gasteiger partial charge is 0.331 e. The highest BCUT2D eigenvalue weighted by Crippen LogP contribution is 2.47. The van der Waals surface area contributed by atoms with Gasteiger partial charge in [-0.1, -0.05) is 44.2 Å². The molecule has 2 amide bonds. The van der Waals surface area contributed by atoms with Crippen molar-refractivity contribution in [1.82, 2.24) is 9.88 Å². The second-order valence-corrected chi connectivity index (χ2v) is 9.43. The highest BCUT2D eigenvalue weighted by atomic mass is 16.2. The molecule has 1 unspecified atom stereocenters. The fourth-order valence-electron chi connectivity index (χ4n) is 4.70. The minimum atomic E-state index is -0.284. The number of rotatable bonds is 2. The molecule has 4 rings (SSSR count). The van der Waals surface area contributed by atoms with Crippen molar-refractivity contribution in [3.63, 3.8) is 0 Å². The van der Waals surface area contributed by atoms with Crippen molar-refractivity contribution in [2.75, 3.05) is 5.32 Å². The summed E-state index contributed by atoms with van der Waals surface area (Å²) >= 11 is 0. The molecule has 0 saturated heterocycles. The molecule has 0 fully saturated rings. The van der Waals surface area contributed by atoms with Crippen LogP contribution in [-0.4, -0.2) is 21.7 Å². The van der Waals surface area contributed by atoms with Crippen LogP contribution in [0.2, 0.25) is 0 Å². The molecule has 1 aliphatic carbocycles. The predicted octanol–water partition coefficient (Wildman–Crippen LogP) is 5.88. The fourth-order valence-corrected chi connectivity index (χ4v) is 4.70. The number of ketones is 1. The van der Waals surface area contributed by atoms with Gasteiger partial charge in [-0.05, 0) is 61.4 Å². The molecule has 0 radical (unpaired) electrons. The smallest absolute Gasteiger partial charge is 0.294 e. The van der Waals surface area contributed by atoms with E-state index in [-0.39, 0.29) is 23.1 Å². The Hall–Kier alpha value is -3.21. The average Bonchev–Trinajstić information content (AvgIpc) is 2.66. The number of carbonyl (C=O) groups excluding carboxylic acids is 2. The fraction of sp³-hybridized carbons (Fsp3) is 0.346. The van der Waals surface area contributed by atoms with Gasteiger partial charge < -0.3 is 0 Å². The second kappa shape index (κ2) is 7.80. The molecular weight excluding hydrogens is 386 g/mol. The molecule has 1 aliphatic heterocycles. The number of benzene rings is 1. The number of Topliss-reactive ketones (excluding diaryl/α,β-unsaturated/α-hetero) is 1. The summed E-state index contributed by atoms with van der Waals surface area (Å²) in [7, 11) is 0. The van der Waals surface area contributed by atoms with E-state index < -0.39 is 0 Å². The van der Waals surface area contributed by atoms with Gasteiger partial charge in [-0.25, -0.2) is 9.78 Å². The Morgan fingerprint density at radius 2 is 1.87 bits per heavy atom. The van der Waals surface area contributed by atoms with Gasteiger partial charge in [-0.2, -0.15) is 0 Å². The Morgan fingerprint density at radius 3 is 2.58 bits per heavy atom.